The van der Waals surface area contributed by atoms with Crippen molar-refractivity contribution in [3.8, 4) is 67.5 Å². The molecule has 0 N–H and O–H groups in total. The van der Waals surface area contributed by atoms with Gasteiger partial charge in [-0.2, -0.15) is 0 Å². The van der Waals surface area contributed by atoms with E-state index in [2.05, 4.69) is 170 Å². The Hall–Kier alpha value is -7.43. The van der Waals surface area contributed by atoms with Crippen molar-refractivity contribution in [3.63, 3.8) is 0 Å². The maximum Gasteiger partial charge on any atom is 0.164 e. The molecule has 1 aliphatic carbocycles. The summed E-state index contributed by atoms with van der Waals surface area (Å²) < 4.78 is 6.56. The van der Waals surface area contributed by atoms with Gasteiger partial charge in [0.15, 0.2) is 17.5 Å². The van der Waals surface area contributed by atoms with Crippen molar-refractivity contribution in [3.05, 3.63) is 193 Å². The van der Waals surface area contributed by atoms with Crippen molar-refractivity contribution in [1.82, 2.24) is 15.0 Å². The van der Waals surface area contributed by atoms with E-state index in [9.17, 15) is 0 Å². The van der Waals surface area contributed by atoms with Gasteiger partial charge in [-0.15, -0.1) is 0 Å². The summed E-state index contributed by atoms with van der Waals surface area (Å²) in [6.07, 6.45) is 6.70. The van der Waals surface area contributed by atoms with Gasteiger partial charge in [-0.1, -0.05) is 158 Å². The van der Waals surface area contributed by atoms with Gasteiger partial charge < -0.3 is 4.42 Å². The quantitative estimate of drug-likeness (QED) is 0.171. The van der Waals surface area contributed by atoms with E-state index in [4.69, 9.17) is 19.4 Å². The summed E-state index contributed by atoms with van der Waals surface area (Å²) >= 11 is 0. The van der Waals surface area contributed by atoms with E-state index in [0.717, 1.165) is 73.5 Å². The van der Waals surface area contributed by atoms with Gasteiger partial charge in [0.1, 0.15) is 11.2 Å². The molecule has 0 aliphatic heterocycles. The SMILES string of the molecule is C1=Cc2cc(-c3ccc(-c4nc(-c5ccc6ccccc6c5)nc(-c5cc(-c6ccc(-c7ccccc7)cc6)cc6oc7ccccc7c56)n4)cc3)ccc2CC1. The zero-order valence-electron chi connectivity index (χ0n) is 31.1. The zero-order valence-corrected chi connectivity index (χ0v) is 31.1. The minimum Gasteiger partial charge on any atom is -0.456 e. The number of hydrogen-bond donors (Lipinski definition) is 0. The third-order valence-electron chi connectivity index (χ3n) is 11.2. The fourth-order valence-electron chi connectivity index (χ4n) is 8.18. The number of para-hydroxylation sites is 1. The average molecular weight is 730 g/mol. The van der Waals surface area contributed by atoms with Crippen LogP contribution in [0.2, 0.25) is 0 Å². The Labute approximate surface area is 330 Å². The average Bonchev–Trinajstić information content (AvgIpc) is 3.67. The summed E-state index contributed by atoms with van der Waals surface area (Å²) in [6, 6.07) is 61.9. The molecule has 57 heavy (non-hydrogen) atoms. The van der Waals surface area contributed by atoms with Crippen LogP contribution in [-0.2, 0) is 6.42 Å². The first-order valence-corrected chi connectivity index (χ1v) is 19.5. The fraction of sp³-hybridized carbons (Fsp3) is 0.0377. The summed E-state index contributed by atoms with van der Waals surface area (Å²) in [5, 5.41) is 4.30. The molecule has 2 heterocycles. The molecule has 4 heteroatoms. The van der Waals surface area contributed by atoms with Crippen molar-refractivity contribution in [1.29, 1.82) is 0 Å². The smallest absolute Gasteiger partial charge is 0.164 e. The number of aryl methyl sites for hydroxylation is 1. The molecule has 10 aromatic rings. The van der Waals surface area contributed by atoms with Crippen molar-refractivity contribution in [2.45, 2.75) is 12.8 Å². The third-order valence-corrected chi connectivity index (χ3v) is 11.2. The number of benzene rings is 8. The Kier molecular flexibility index (Phi) is 7.92. The van der Waals surface area contributed by atoms with Gasteiger partial charge in [0.25, 0.3) is 0 Å². The van der Waals surface area contributed by atoms with Crippen LogP contribution in [0, 0.1) is 0 Å². The molecule has 0 bridgehead atoms. The van der Waals surface area contributed by atoms with Gasteiger partial charge in [0.2, 0.25) is 0 Å². The molecule has 268 valence electrons. The van der Waals surface area contributed by atoms with Crippen LogP contribution in [0.1, 0.15) is 17.5 Å². The fourth-order valence-corrected chi connectivity index (χ4v) is 8.18. The van der Waals surface area contributed by atoms with Crippen LogP contribution in [0.4, 0.5) is 0 Å². The van der Waals surface area contributed by atoms with Gasteiger partial charge in [-0.05, 0) is 98.5 Å². The molecule has 0 atom stereocenters. The molecule has 4 nitrogen and oxygen atoms in total. The van der Waals surface area contributed by atoms with Crippen molar-refractivity contribution >= 4 is 38.8 Å². The Bertz CT molecular complexity index is 3160. The lowest BCUT2D eigenvalue weighted by atomic mass is 9.93. The molecule has 0 unspecified atom stereocenters. The number of nitrogens with zero attached hydrogens (tertiary/aromatic N) is 3. The summed E-state index contributed by atoms with van der Waals surface area (Å²) in [5.74, 6) is 1.82. The lowest BCUT2D eigenvalue weighted by molar-refractivity contribution is 0.669. The number of fused-ring (bicyclic) bond motifs is 5. The molecular formula is C53H35N3O. The second-order valence-electron chi connectivity index (χ2n) is 14.7. The van der Waals surface area contributed by atoms with Gasteiger partial charge in [-0.25, -0.2) is 15.0 Å². The Balaban J connectivity index is 1.09. The molecule has 0 amide bonds. The van der Waals surface area contributed by atoms with E-state index in [-0.39, 0.29) is 0 Å². The lowest BCUT2D eigenvalue weighted by Crippen LogP contribution is -2.01. The number of furan rings is 1. The van der Waals surface area contributed by atoms with Crippen LogP contribution >= 0.6 is 0 Å². The van der Waals surface area contributed by atoms with E-state index in [1.54, 1.807) is 0 Å². The second kappa shape index (κ2) is 13.7. The van der Waals surface area contributed by atoms with Crippen molar-refractivity contribution < 1.29 is 4.42 Å². The third kappa shape index (κ3) is 6.09. The van der Waals surface area contributed by atoms with Gasteiger partial charge in [0, 0.05) is 27.5 Å². The number of hydrogen-bond acceptors (Lipinski definition) is 4. The Morgan fingerprint density at radius 1 is 0.404 bits per heavy atom. The topological polar surface area (TPSA) is 51.8 Å². The molecule has 2 aromatic heterocycles. The van der Waals surface area contributed by atoms with E-state index in [1.807, 2.05) is 18.2 Å². The highest BCUT2D eigenvalue weighted by atomic mass is 16.3. The summed E-state index contributed by atoms with van der Waals surface area (Å²) in [6.45, 7) is 0. The van der Waals surface area contributed by atoms with Gasteiger partial charge in [0.05, 0.1) is 0 Å². The van der Waals surface area contributed by atoms with Crippen LogP contribution in [0.15, 0.2) is 186 Å². The molecule has 0 fully saturated rings. The van der Waals surface area contributed by atoms with Crippen LogP contribution < -0.4 is 0 Å². The van der Waals surface area contributed by atoms with Crippen molar-refractivity contribution in [2.24, 2.45) is 0 Å². The normalized spacial score (nSPS) is 12.4. The molecule has 0 saturated heterocycles. The number of aromatic nitrogens is 3. The number of allylic oxidation sites excluding steroid dienone is 1. The summed E-state index contributed by atoms with van der Waals surface area (Å²) in [4.78, 5) is 15.7. The Morgan fingerprint density at radius 2 is 1.02 bits per heavy atom. The van der Waals surface area contributed by atoms with E-state index in [1.165, 1.54) is 33.2 Å². The monoisotopic (exact) mass is 729 g/mol. The van der Waals surface area contributed by atoms with Crippen LogP contribution in [0.5, 0.6) is 0 Å². The second-order valence-corrected chi connectivity index (χ2v) is 14.7. The van der Waals surface area contributed by atoms with Crippen LogP contribution in [-0.4, -0.2) is 15.0 Å². The van der Waals surface area contributed by atoms with E-state index >= 15 is 0 Å². The van der Waals surface area contributed by atoms with Crippen LogP contribution in [0.3, 0.4) is 0 Å². The first kappa shape index (κ1) is 33.0. The summed E-state index contributed by atoms with van der Waals surface area (Å²) in [5.41, 5.74) is 13.9. The van der Waals surface area contributed by atoms with Gasteiger partial charge in [-0.3, -0.25) is 0 Å². The predicted molar refractivity (Wildman–Crippen MR) is 235 cm³/mol. The molecule has 1 aliphatic rings. The van der Waals surface area contributed by atoms with Crippen LogP contribution in [0.25, 0.3) is 106 Å². The lowest BCUT2D eigenvalue weighted by Gasteiger charge is -2.13. The first-order valence-electron chi connectivity index (χ1n) is 19.5. The standard InChI is InChI=1S/C53H35N3O/c1-2-10-34(11-3-1)37-18-20-39(21-19-37)45-32-47(50-46-16-8-9-17-48(46)57-49(50)33-45)53-55-51(54-52(56-53)44-29-25-36-13-5-7-15-42(36)31-44)40-26-22-38(23-27-40)43-28-24-35-12-4-6-14-41(35)30-43/h1-3,5-11,13-33H,4,12H2. The van der Waals surface area contributed by atoms with Crippen molar-refractivity contribution in [2.75, 3.05) is 0 Å². The molecule has 0 radical (unpaired) electrons. The highest BCUT2D eigenvalue weighted by molar-refractivity contribution is 6.13. The van der Waals surface area contributed by atoms with Gasteiger partial charge >= 0.3 is 0 Å². The highest BCUT2D eigenvalue weighted by Crippen LogP contribution is 2.40. The molecule has 11 rings (SSSR count). The molecule has 0 spiro atoms. The minimum absolute atomic E-state index is 0.591. The Morgan fingerprint density at radius 3 is 1.84 bits per heavy atom. The summed E-state index contributed by atoms with van der Waals surface area (Å²) in [7, 11) is 0. The first-order chi connectivity index (χ1) is 28.2. The molecule has 0 saturated carbocycles. The predicted octanol–water partition coefficient (Wildman–Crippen LogP) is 13.9. The van der Waals surface area contributed by atoms with E-state index < -0.39 is 0 Å². The number of rotatable bonds is 6. The van der Waals surface area contributed by atoms with E-state index in [0.29, 0.717) is 17.5 Å². The molecule has 8 aromatic carbocycles. The maximum absolute atomic E-state index is 6.56. The largest absolute Gasteiger partial charge is 0.456 e. The minimum atomic E-state index is 0.591. The zero-order chi connectivity index (χ0) is 37.7. The maximum atomic E-state index is 6.56. The molecular weight excluding hydrogens is 695 g/mol. The highest BCUT2D eigenvalue weighted by Gasteiger charge is 2.20.